The molecule has 1 fully saturated rings. The molecule has 0 spiro atoms. The minimum Gasteiger partial charge on any atom is -0.465 e. The van der Waals surface area contributed by atoms with E-state index >= 15 is 0 Å². The van der Waals surface area contributed by atoms with Crippen LogP contribution in [0.4, 0.5) is 0 Å². The highest BCUT2D eigenvalue weighted by Crippen LogP contribution is 2.05. The smallest absolute Gasteiger partial charge is 0.324 e. The number of hydrogen-bond donors (Lipinski definition) is 2. The molecule has 0 saturated carbocycles. The zero-order valence-electron chi connectivity index (χ0n) is 12.1. The van der Waals surface area contributed by atoms with E-state index in [1.54, 1.807) is 6.92 Å². The van der Waals surface area contributed by atoms with E-state index in [1.165, 1.54) is 0 Å². The van der Waals surface area contributed by atoms with Crippen molar-refractivity contribution in [2.24, 2.45) is 5.92 Å². The van der Waals surface area contributed by atoms with Crippen LogP contribution in [0, 0.1) is 5.92 Å². The molecule has 0 aromatic rings. The predicted octanol–water partition coefficient (Wildman–Crippen LogP) is -0.404. The van der Waals surface area contributed by atoms with Crippen LogP contribution in [-0.4, -0.2) is 62.1 Å². The minimum absolute atomic E-state index is 0.0371. The van der Waals surface area contributed by atoms with E-state index in [9.17, 15) is 9.59 Å². The third-order valence-electron chi connectivity index (χ3n) is 2.97. The number of nitrogens with one attached hydrogen (secondary N) is 2. The van der Waals surface area contributed by atoms with Crippen molar-refractivity contribution in [1.82, 2.24) is 15.5 Å². The first-order valence-electron chi connectivity index (χ1n) is 6.92. The van der Waals surface area contributed by atoms with E-state index < -0.39 is 0 Å². The lowest BCUT2D eigenvalue weighted by Gasteiger charge is -2.33. The molecule has 1 heterocycles. The Morgan fingerprint density at radius 3 is 2.84 bits per heavy atom. The monoisotopic (exact) mass is 271 g/mol. The summed E-state index contributed by atoms with van der Waals surface area (Å²) in [6.45, 7) is 9.16. The van der Waals surface area contributed by atoms with Crippen LogP contribution in [0.3, 0.4) is 0 Å². The first-order valence-corrected chi connectivity index (χ1v) is 6.92. The fourth-order valence-electron chi connectivity index (χ4n) is 1.96. The summed E-state index contributed by atoms with van der Waals surface area (Å²) in [6, 6.07) is -0.363. The molecule has 0 bridgehead atoms. The number of esters is 1. The molecule has 1 aliphatic heterocycles. The molecule has 1 unspecified atom stereocenters. The maximum atomic E-state index is 11.8. The quantitative estimate of drug-likeness (QED) is 0.643. The maximum absolute atomic E-state index is 11.8. The van der Waals surface area contributed by atoms with Crippen LogP contribution in [0.15, 0.2) is 0 Å². The van der Waals surface area contributed by atoms with Crippen LogP contribution in [0.1, 0.15) is 20.8 Å². The van der Waals surface area contributed by atoms with Gasteiger partial charge in [-0.25, -0.2) is 0 Å². The van der Waals surface area contributed by atoms with Crippen LogP contribution >= 0.6 is 0 Å². The maximum Gasteiger partial charge on any atom is 0.324 e. The minimum atomic E-state index is -0.363. The van der Waals surface area contributed by atoms with Gasteiger partial charge in [0.2, 0.25) is 5.91 Å². The third kappa shape index (κ3) is 5.57. The van der Waals surface area contributed by atoms with Gasteiger partial charge in [-0.2, -0.15) is 0 Å². The van der Waals surface area contributed by atoms with Crippen molar-refractivity contribution in [2.45, 2.75) is 26.8 Å². The lowest BCUT2D eigenvalue weighted by atomic mass is 10.2. The Labute approximate surface area is 114 Å². The Morgan fingerprint density at radius 2 is 2.21 bits per heavy atom. The van der Waals surface area contributed by atoms with E-state index in [1.807, 2.05) is 18.7 Å². The van der Waals surface area contributed by atoms with Crippen molar-refractivity contribution in [3.05, 3.63) is 0 Å². The van der Waals surface area contributed by atoms with Gasteiger partial charge in [0.15, 0.2) is 0 Å². The van der Waals surface area contributed by atoms with E-state index in [0.717, 1.165) is 6.54 Å². The van der Waals surface area contributed by atoms with Gasteiger partial charge in [0.1, 0.15) is 6.04 Å². The summed E-state index contributed by atoms with van der Waals surface area (Å²) >= 11 is 0. The number of piperazine rings is 1. The molecule has 1 aliphatic rings. The summed E-state index contributed by atoms with van der Waals surface area (Å²) in [6.07, 6.45) is 0. The molecule has 19 heavy (non-hydrogen) atoms. The molecule has 110 valence electrons. The second-order valence-corrected chi connectivity index (χ2v) is 5.14. The fourth-order valence-corrected chi connectivity index (χ4v) is 1.96. The number of hydrogen-bond acceptors (Lipinski definition) is 5. The predicted molar refractivity (Wildman–Crippen MR) is 72.7 cm³/mol. The Bertz CT molecular complexity index is 308. The van der Waals surface area contributed by atoms with Gasteiger partial charge in [0, 0.05) is 26.2 Å². The summed E-state index contributed by atoms with van der Waals surface area (Å²) in [5, 5.41) is 6.02. The van der Waals surface area contributed by atoms with Crippen LogP contribution in [0.2, 0.25) is 0 Å². The highest BCUT2D eigenvalue weighted by Gasteiger charge is 2.30. The zero-order chi connectivity index (χ0) is 14.3. The van der Waals surface area contributed by atoms with E-state index in [0.29, 0.717) is 32.2 Å². The first-order chi connectivity index (χ1) is 9.04. The zero-order valence-corrected chi connectivity index (χ0v) is 12.1. The van der Waals surface area contributed by atoms with Gasteiger partial charge < -0.3 is 15.4 Å². The molecule has 0 radical (unpaired) electrons. The van der Waals surface area contributed by atoms with Crippen LogP contribution in [0.25, 0.3) is 0 Å². The van der Waals surface area contributed by atoms with E-state index in [-0.39, 0.29) is 24.5 Å². The highest BCUT2D eigenvalue weighted by molar-refractivity contribution is 5.80. The second-order valence-electron chi connectivity index (χ2n) is 5.14. The van der Waals surface area contributed by atoms with Crippen molar-refractivity contribution in [2.75, 3.05) is 39.3 Å². The molecule has 1 atom stereocenters. The standard InChI is InChI=1S/C13H25N3O3/c1-4-19-13(18)11-8-14-5-6-16(11)9-12(17)15-7-10(2)3/h10-11,14H,4-9H2,1-3H3,(H,15,17). The van der Waals surface area contributed by atoms with Gasteiger partial charge in [0.25, 0.3) is 0 Å². The lowest BCUT2D eigenvalue weighted by Crippen LogP contribution is -2.57. The molecule has 0 aromatic carbocycles. The fraction of sp³-hybridized carbons (Fsp3) is 0.846. The molecular formula is C13H25N3O3. The van der Waals surface area contributed by atoms with Gasteiger partial charge in [-0.3, -0.25) is 14.5 Å². The summed E-state index contributed by atoms with van der Waals surface area (Å²) in [5.74, 6) is 0.129. The first kappa shape index (κ1) is 15.9. The average molecular weight is 271 g/mol. The average Bonchev–Trinajstić information content (AvgIpc) is 2.37. The van der Waals surface area contributed by atoms with E-state index in [2.05, 4.69) is 10.6 Å². The largest absolute Gasteiger partial charge is 0.465 e. The number of nitrogens with zero attached hydrogens (tertiary/aromatic N) is 1. The molecule has 6 heteroatoms. The molecule has 0 aromatic heterocycles. The lowest BCUT2D eigenvalue weighted by molar-refractivity contribution is -0.150. The molecule has 6 nitrogen and oxygen atoms in total. The Hall–Kier alpha value is -1.14. The van der Waals surface area contributed by atoms with Gasteiger partial charge >= 0.3 is 5.97 Å². The number of carbonyl (C=O) groups excluding carboxylic acids is 2. The normalized spacial score (nSPS) is 20.3. The Morgan fingerprint density at radius 1 is 1.47 bits per heavy atom. The summed E-state index contributed by atoms with van der Waals surface area (Å²) in [4.78, 5) is 25.5. The van der Waals surface area contributed by atoms with Crippen LogP contribution < -0.4 is 10.6 Å². The second kappa shape index (κ2) is 8.12. The van der Waals surface area contributed by atoms with Crippen LogP contribution in [0.5, 0.6) is 0 Å². The van der Waals surface area contributed by atoms with Gasteiger partial charge in [-0.15, -0.1) is 0 Å². The summed E-state index contributed by atoms with van der Waals surface area (Å²) in [7, 11) is 0. The van der Waals surface area contributed by atoms with Gasteiger partial charge in [0.05, 0.1) is 13.2 Å². The van der Waals surface area contributed by atoms with Gasteiger partial charge in [-0.05, 0) is 12.8 Å². The molecule has 0 aliphatic carbocycles. The van der Waals surface area contributed by atoms with Crippen molar-refractivity contribution < 1.29 is 14.3 Å². The molecule has 1 saturated heterocycles. The van der Waals surface area contributed by atoms with Crippen molar-refractivity contribution >= 4 is 11.9 Å². The number of ether oxygens (including phenoxy) is 1. The Kier molecular flexibility index (Phi) is 6.80. The Balaban J connectivity index is 2.47. The molecule has 1 amide bonds. The highest BCUT2D eigenvalue weighted by atomic mass is 16.5. The number of amides is 1. The number of rotatable bonds is 6. The summed E-state index contributed by atoms with van der Waals surface area (Å²) in [5.41, 5.74) is 0. The third-order valence-corrected chi connectivity index (χ3v) is 2.97. The topological polar surface area (TPSA) is 70.7 Å². The summed E-state index contributed by atoms with van der Waals surface area (Å²) < 4.78 is 5.04. The van der Waals surface area contributed by atoms with Crippen molar-refractivity contribution in [1.29, 1.82) is 0 Å². The van der Waals surface area contributed by atoms with Crippen LogP contribution in [-0.2, 0) is 14.3 Å². The molecule has 2 N–H and O–H groups in total. The van der Waals surface area contributed by atoms with Crippen molar-refractivity contribution in [3.63, 3.8) is 0 Å². The van der Waals surface area contributed by atoms with Gasteiger partial charge in [-0.1, -0.05) is 13.8 Å². The number of carbonyl (C=O) groups is 2. The SMILES string of the molecule is CCOC(=O)C1CNCCN1CC(=O)NCC(C)C. The van der Waals surface area contributed by atoms with Crippen molar-refractivity contribution in [3.8, 4) is 0 Å². The molecular weight excluding hydrogens is 246 g/mol. The van der Waals surface area contributed by atoms with E-state index in [4.69, 9.17) is 4.74 Å². The molecule has 1 rings (SSSR count).